The lowest BCUT2D eigenvalue weighted by atomic mass is 10.1. The van der Waals surface area contributed by atoms with E-state index in [0.29, 0.717) is 18.1 Å². The summed E-state index contributed by atoms with van der Waals surface area (Å²) in [4.78, 5) is 0. The molecule has 2 rings (SSSR count). The van der Waals surface area contributed by atoms with Gasteiger partial charge in [-0.25, -0.2) is 4.39 Å². The zero-order valence-electron chi connectivity index (χ0n) is 8.46. The van der Waals surface area contributed by atoms with Gasteiger partial charge in [-0.15, -0.1) is 0 Å². The van der Waals surface area contributed by atoms with Gasteiger partial charge in [-0.2, -0.15) is 0 Å². The molecule has 1 aromatic carbocycles. The van der Waals surface area contributed by atoms with Crippen LogP contribution in [0.1, 0.15) is 11.3 Å². The highest BCUT2D eigenvalue weighted by atomic mass is 19.1. The molecule has 1 aromatic heterocycles. The van der Waals surface area contributed by atoms with E-state index in [1.54, 1.807) is 12.1 Å². The second-order valence-corrected chi connectivity index (χ2v) is 3.43. The third-order valence-corrected chi connectivity index (χ3v) is 2.33. The summed E-state index contributed by atoms with van der Waals surface area (Å²) in [5, 5.41) is 0. The van der Waals surface area contributed by atoms with Crippen molar-refractivity contribution in [2.75, 3.05) is 0 Å². The number of halogens is 1. The van der Waals surface area contributed by atoms with Crippen LogP contribution in [0.25, 0.3) is 11.3 Å². The van der Waals surface area contributed by atoms with Gasteiger partial charge in [0, 0.05) is 5.56 Å². The van der Waals surface area contributed by atoms with Crippen LogP contribution in [-0.2, 0) is 6.54 Å². The van der Waals surface area contributed by atoms with Crippen molar-refractivity contribution in [2.45, 2.75) is 13.5 Å². The average molecular weight is 205 g/mol. The molecule has 2 nitrogen and oxygen atoms in total. The molecule has 2 aromatic rings. The highest BCUT2D eigenvalue weighted by molar-refractivity contribution is 5.62. The summed E-state index contributed by atoms with van der Waals surface area (Å²) in [6, 6.07) is 8.25. The van der Waals surface area contributed by atoms with E-state index in [1.807, 2.05) is 13.0 Å². The quantitative estimate of drug-likeness (QED) is 0.818. The second kappa shape index (κ2) is 3.87. The number of furan rings is 1. The van der Waals surface area contributed by atoms with E-state index in [2.05, 4.69) is 0 Å². The molecular weight excluding hydrogens is 193 g/mol. The molecule has 0 bridgehead atoms. The Hall–Kier alpha value is -1.61. The molecule has 2 N–H and O–H groups in total. The standard InChI is InChI=1S/C12H12FNO/c1-8-2-3-9(13)6-11(8)12-5-4-10(7-14)15-12/h2-6H,7,14H2,1H3. The van der Waals surface area contributed by atoms with Gasteiger partial charge in [0.25, 0.3) is 0 Å². The Labute approximate surface area is 87.5 Å². The van der Waals surface area contributed by atoms with E-state index in [9.17, 15) is 4.39 Å². The van der Waals surface area contributed by atoms with Gasteiger partial charge in [0.15, 0.2) is 0 Å². The summed E-state index contributed by atoms with van der Waals surface area (Å²) in [5.41, 5.74) is 7.20. The first-order valence-electron chi connectivity index (χ1n) is 4.76. The van der Waals surface area contributed by atoms with Crippen molar-refractivity contribution in [2.24, 2.45) is 5.73 Å². The van der Waals surface area contributed by atoms with Crippen molar-refractivity contribution in [1.82, 2.24) is 0 Å². The van der Waals surface area contributed by atoms with Gasteiger partial charge in [-0.1, -0.05) is 6.07 Å². The van der Waals surface area contributed by atoms with Crippen molar-refractivity contribution >= 4 is 0 Å². The number of rotatable bonds is 2. The summed E-state index contributed by atoms with van der Waals surface area (Å²) in [7, 11) is 0. The van der Waals surface area contributed by atoms with Crippen LogP contribution in [-0.4, -0.2) is 0 Å². The number of aryl methyl sites for hydroxylation is 1. The van der Waals surface area contributed by atoms with E-state index in [0.717, 1.165) is 11.1 Å². The van der Waals surface area contributed by atoms with Gasteiger partial charge in [0.1, 0.15) is 17.3 Å². The molecule has 0 aliphatic carbocycles. The monoisotopic (exact) mass is 205 g/mol. The van der Waals surface area contributed by atoms with E-state index in [4.69, 9.17) is 10.2 Å². The maximum Gasteiger partial charge on any atom is 0.134 e. The maximum absolute atomic E-state index is 13.1. The van der Waals surface area contributed by atoms with E-state index < -0.39 is 0 Å². The lowest BCUT2D eigenvalue weighted by Crippen LogP contribution is -1.92. The minimum Gasteiger partial charge on any atom is -0.460 e. The highest BCUT2D eigenvalue weighted by Crippen LogP contribution is 2.26. The van der Waals surface area contributed by atoms with Gasteiger partial charge >= 0.3 is 0 Å². The molecule has 0 aliphatic heterocycles. The Morgan fingerprint density at radius 2 is 2.07 bits per heavy atom. The molecule has 0 atom stereocenters. The molecule has 78 valence electrons. The molecule has 0 aliphatic rings. The predicted molar refractivity (Wildman–Crippen MR) is 56.7 cm³/mol. The first kappa shape index (κ1) is 9.93. The van der Waals surface area contributed by atoms with Crippen molar-refractivity contribution in [3.63, 3.8) is 0 Å². The molecule has 0 radical (unpaired) electrons. The molecule has 3 heteroatoms. The fraction of sp³-hybridized carbons (Fsp3) is 0.167. The van der Waals surface area contributed by atoms with Crippen LogP contribution in [0.5, 0.6) is 0 Å². The van der Waals surface area contributed by atoms with Crippen LogP contribution < -0.4 is 5.73 Å². The van der Waals surface area contributed by atoms with Crippen molar-refractivity contribution in [1.29, 1.82) is 0 Å². The molecule has 1 heterocycles. The lowest BCUT2D eigenvalue weighted by molar-refractivity contribution is 0.524. The van der Waals surface area contributed by atoms with Gasteiger partial charge in [0.05, 0.1) is 6.54 Å². The Balaban J connectivity index is 2.48. The minimum atomic E-state index is -0.263. The van der Waals surface area contributed by atoms with Crippen LogP contribution in [0.15, 0.2) is 34.7 Å². The number of nitrogens with two attached hydrogens (primary N) is 1. The van der Waals surface area contributed by atoms with E-state index >= 15 is 0 Å². The number of benzene rings is 1. The molecule has 0 saturated carbocycles. The van der Waals surface area contributed by atoms with Gasteiger partial charge in [-0.3, -0.25) is 0 Å². The summed E-state index contributed by atoms with van der Waals surface area (Å²) in [6.07, 6.45) is 0. The average Bonchev–Trinajstić information content (AvgIpc) is 2.70. The molecule has 0 fully saturated rings. The third kappa shape index (κ3) is 1.92. The summed E-state index contributed by atoms with van der Waals surface area (Å²) >= 11 is 0. The van der Waals surface area contributed by atoms with Crippen LogP contribution in [0.4, 0.5) is 4.39 Å². The van der Waals surface area contributed by atoms with Crippen LogP contribution in [0.2, 0.25) is 0 Å². The van der Waals surface area contributed by atoms with Gasteiger partial charge in [0.2, 0.25) is 0 Å². The molecule has 0 amide bonds. The smallest absolute Gasteiger partial charge is 0.134 e. The van der Waals surface area contributed by atoms with Crippen LogP contribution in [0, 0.1) is 12.7 Å². The number of hydrogen-bond acceptors (Lipinski definition) is 2. The van der Waals surface area contributed by atoms with Crippen LogP contribution in [0.3, 0.4) is 0 Å². The van der Waals surface area contributed by atoms with E-state index in [-0.39, 0.29) is 5.82 Å². The van der Waals surface area contributed by atoms with Crippen molar-refractivity contribution in [3.8, 4) is 11.3 Å². The molecule has 15 heavy (non-hydrogen) atoms. The zero-order valence-corrected chi connectivity index (χ0v) is 8.46. The second-order valence-electron chi connectivity index (χ2n) is 3.43. The fourth-order valence-corrected chi connectivity index (χ4v) is 1.49. The minimum absolute atomic E-state index is 0.263. The topological polar surface area (TPSA) is 39.2 Å². The number of hydrogen-bond donors (Lipinski definition) is 1. The Morgan fingerprint density at radius 1 is 1.27 bits per heavy atom. The summed E-state index contributed by atoms with van der Waals surface area (Å²) < 4.78 is 18.5. The first-order valence-corrected chi connectivity index (χ1v) is 4.76. The lowest BCUT2D eigenvalue weighted by Gasteiger charge is -2.02. The summed E-state index contributed by atoms with van der Waals surface area (Å²) in [6.45, 7) is 2.27. The fourth-order valence-electron chi connectivity index (χ4n) is 1.49. The van der Waals surface area contributed by atoms with Gasteiger partial charge in [-0.05, 0) is 36.8 Å². The Bertz CT molecular complexity index is 476. The molecule has 0 spiro atoms. The zero-order chi connectivity index (χ0) is 10.8. The largest absolute Gasteiger partial charge is 0.460 e. The predicted octanol–water partition coefficient (Wildman–Crippen LogP) is 2.85. The molecular formula is C12H12FNO. The molecule has 0 saturated heterocycles. The van der Waals surface area contributed by atoms with Crippen molar-refractivity contribution < 1.29 is 8.81 Å². The summed E-state index contributed by atoms with van der Waals surface area (Å²) in [5.74, 6) is 1.10. The highest BCUT2D eigenvalue weighted by Gasteiger charge is 2.07. The maximum atomic E-state index is 13.1. The van der Waals surface area contributed by atoms with Crippen molar-refractivity contribution in [3.05, 3.63) is 47.5 Å². The third-order valence-electron chi connectivity index (χ3n) is 2.33. The SMILES string of the molecule is Cc1ccc(F)cc1-c1ccc(CN)o1. The Kier molecular flexibility index (Phi) is 2.56. The molecule has 0 unspecified atom stereocenters. The van der Waals surface area contributed by atoms with Crippen LogP contribution >= 0.6 is 0 Å². The normalized spacial score (nSPS) is 10.6. The Morgan fingerprint density at radius 3 is 2.73 bits per heavy atom. The first-order chi connectivity index (χ1) is 7.20. The van der Waals surface area contributed by atoms with E-state index in [1.165, 1.54) is 12.1 Å². The van der Waals surface area contributed by atoms with Gasteiger partial charge < -0.3 is 10.2 Å².